The number of likely N-dealkylation sites (tertiary alicyclic amines) is 1. The lowest BCUT2D eigenvalue weighted by Gasteiger charge is -2.29. The van der Waals surface area contributed by atoms with Crippen molar-refractivity contribution < 1.29 is 19.5 Å². The van der Waals surface area contributed by atoms with Crippen molar-refractivity contribution in [2.45, 2.75) is 37.1 Å². The van der Waals surface area contributed by atoms with Gasteiger partial charge in [0.2, 0.25) is 5.91 Å². The average molecular weight is 364 g/mol. The highest BCUT2D eigenvalue weighted by Crippen LogP contribution is 2.24. The Bertz CT molecular complexity index is 650. The maximum atomic E-state index is 12.9. The monoisotopic (exact) mass is 364 g/mol. The zero-order valence-electron chi connectivity index (χ0n) is 14.6. The number of carbonyl (C=O) groups is 3. The molecule has 0 saturated carbocycles. The van der Waals surface area contributed by atoms with Gasteiger partial charge < -0.3 is 14.9 Å². The second-order valence-corrected chi connectivity index (χ2v) is 6.97. The summed E-state index contributed by atoms with van der Waals surface area (Å²) in [6, 6.07) is 7.41. The summed E-state index contributed by atoms with van der Waals surface area (Å²) in [5.74, 6) is -1.25. The lowest BCUT2D eigenvalue weighted by atomic mass is 10.1. The van der Waals surface area contributed by atoms with E-state index in [1.165, 1.54) is 11.8 Å². The fourth-order valence-electron chi connectivity index (χ4n) is 3.23. The number of nitrogens with zero attached hydrogens (tertiary/aromatic N) is 2. The van der Waals surface area contributed by atoms with Crippen molar-refractivity contribution in [3.8, 4) is 0 Å². The summed E-state index contributed by atoms with van der Waals surface area (Å²) in [7, 11) is 0. The van der Waals surface area contributed by atoms with Crippen LogP contribution >= 0.6 is 11.8 Å². The molecule has 2 rings (SSSR count). The van der Waals surface area contributed by atoms with Crippen molar-refractivity contribution in [3.63, 3.8) is 0 Å². The number of aliphatic carboxylic acids is 1. The number of benzene rings is 1. The molecule has 0 aliphatic carbocycles. The Morgan fingerprint density at radius 1 is 1.24 bits per heavy atom. The van der Waals surface area contributed by atoms with Gasteiger partial charge >= 0.3 is 5.97 Å². The summed E-state index contributed by atoms with van der Waals surface area (Å²) in [6.45, 7) is 2.25. The van der Waals surface area contributed by atoms with Gasteiger partial charge in [0.1, 0.15) is 6.54 Å². The molecule has 136 valence electrons. The molecule has 1 aliphatic heterocycles. The van der Waals surface area contributed by atoms with Crippen LogP contribution in [-0.4, -0.2) is 64.6 Å². The Balaban J connectivity index is 2.09. The molecule has 6 nitrogen and oxygen atoms in total. The van der Waals surface area contributed by atoms with Gasteiger partial charge in [-0.3, -0.25) is 14.4 Å². The van der Waals surface area contributed by atoms with E-state index < -0.39 is 5.97 Å². The second kappa shape index (κ2) is 8.89. The van der Waals surface area contributed by atoms with Crippen LogP contribution in [-0.2, 0) is 9.59 Å². The van der Waals surface area contributed by atoms with E-state index in [0.717, 1.165) is 11.3 Å². The third kappa shape index (κ3) is 4.98. The molecule has 25 heavy (non-hydrogen) atoms. The Kier molecular flexibility index (Phi) is 6.87. The second-order valence-electron chi connectivity index (χ2n) is 6.12. The Morgan fingerprint density at radius 3 is 2.60 bits per heavy atom. The fourth-order valence-corrected chi connectivity index (χ4v) is 3.82. The predicted octanol–water partition coefficient (Wildman–Crippen LogP) is 2.34. The number of rotatable bonds is 5. The van der Waals surface area contributed by atoms with Crippen LogP contribution in [0, 0.1) is 0 Å². The Labute approximate surface area is 152 Å². The smallest absolute Gasteiger partial charge is 0.323 e. The first-order valence-electron chi connectivity index (χ1n) is 8.35. The third-order valence-corrected chi connectivity index (χ3v) is 5.27. The van der Waals surface area contributed by atoms with E-state index in [9.17, 15) is 14.4 Å². The molecule has 1 saturated heterocycles. The summed E-state index contributed by atoms with van der Waals surface area (Å²) < 4.78 is 0. The van der Waals surface area contributed by atoms with Gasteiger partial charge in [0.25, 0.3) is 5.91 Å². The van der Waals surface area contributed by atoms with Gasteiger partial charge in [-0.05, 0) is 37.7 Å². The van der Waals surface area contributed by atoms with Gasteiger partial charge in [0.15, 0.2) is 0 Å². The van der Waals surface area contributed by atoms with Crippen LogP contribution in [0.1, 0.15) is 36.5 Å². The third-order valence-electron chi connectivity index (χ3n) is 4.47. The van der Waals surface area contributed by atoms with Gasteiger partial charge in [-0.1, -0.05) is 12.1 Å². The van der Waals surface area contributed by atoms with Crippen molar-refractivity contribution in [3.05, 3.63) is 29.8 Å². The molecule has 1 fully saturated rings. The van der Waals surface area contributed by atoms with Gasteiger partial charge in [0.05, 0.1) is 5.56 Å². The lowest BCUT2D eigenvalue weighted by Crippen LogP contribution is -2.43. The predicted molar refractivity (Wildman–Crippen MR) is 96.8 cm³/mol. The van der Waals surface area contributed by atoms with Gasteiger partial charge in [-0.2, -0.15) is 0 Å². The fraction of sp³-hybridized carbons (Fsp3) is 0.500. The normalized spacial score (nSPS) is 17.7. The highest BCUT2D eigenvalue weighted by Gasteiger charge is 2.28. The van der Waals surface area contributed by atoms with E-state index in [1.807, 2.05) is 35.4 Å². The number of carboxylic acid groups (broad SMARTS) is 1. The van der Waals surface area contributed by atoms with Crippen molar-refractivity contribution in [1.29, 1.82) is 0 Å². The van der Waals surface area contributed by atoms with Crippen LogP contribution in [0.4, 0.5) is 0 Å². The van der Waals surface area contributed by atoms with E-state index >= 15 is 0 Å². The van der Waals surface area contributed by atoms with Crippen LogP contribution in [0.2, 0.25) is 0 Å². The topological polar surface area (TPSA) is 77.9 Å². The molecule has 2 amide bonds. The maximum absolute atomic E-state index is 12.9. The average Bonchev–Trinajstić information content (AvgIpc) is 2.84. The molecule has 0 radical (unpaired) electrons. The van der Waals surface area contributed by atoms with Gasteiger partial charge in [-0.25, -0.2) is 0 Å². The molecule has 0 spiro atoms. The molecule has 1 N–H and O–H groups in total. The van der Waals surface area contributed by atoms with Crippen LogP contribution in [0.25, 0.3) is 0 Å². The van der Waals surface area contributed by atoms with Crippen molar-refractivity contribution >= 4 is 29.5 Å². The lowest BCUT2D eigenvalue weighted by molar-refractivity contribution is -0.145. The number of hydrogen-bond donors (Lipinski definition) is 1. The molecule has 0 bridgehead atoms. The summed E-state index contributed by atoms with van der Waals surface area (Å²) in [5, 5.41) is 9.02. The summed E-state index contributed by atoms with van der Waals surface area (Å²) in [6.07, 6.45) is 4.00. The van der Waals surface area contributed by atoms with E-state index in [2.05, 4.69) is 0 Å². The molecule has 1 atom stereocenters. The minimum absolute atomic E-state index is 0.00166. The van der Waals surface area contributed by atoms with E-state index in [-0.39, 0.29) is 24.4 Å². The number of thioether (sulfide) groups is 1. The molecule has 1 aromatic carbocycles. The van der Waals surface area contributed by atoms with Crippen LogP contribution < -0.4 is 0 Å². The zero-order valence-corrected chi connectivity index (χ0v) is 15.4. The van der Waals surface area contributed by atoms with E-state index in [1.54, 1.807) is 11.8 Å². The van der Waals surface area contributed by atoms with Crippen molar-refractivity contribution in [2.75, 3.05) is 25.9 Å². The maximum Gasteiger partial charge on any atom is 0.323 e. The first kappa shape index (κ1) is 19.3. The van der Waals surface area contributed by atoms with Crippen molar-refractivity contribution in [1.82, 2.24) is 9.80 Å². The molecule has 1 heterocycles. The molecule has 1 aromatic rings. The first-order chi connectivity index (χ1) is 11.9. The number of hydrogen-bond acceptors (Lipinski definition) is 4. The quantitative estimate of drug-likeness (QED) is 0.812. The summed E-state index contributed by atoms with van der Waals surface area (Å²) >= 11 is 1.54. The largest absolute Gasteiger partial charge is 0.480 e. The minimum Gasteiger partial charge on any atom is -0.480 e. The van der Waals surface area contributed by atoms with Crippen LogP contribution in [0.15, 0.2) is 29.2 Å². The van der Waals surface area contributed by atoms with Crippen LogP contribution in [0.5, 0.6) is 0 Å². The number of carbonyl (C=O) groups excluding carboxylic acids is 2. The van der Waals surface area contributed by atoms with Crippen LogP contribution in [0.3, 0.4) is 0 Å². The number of amides is 2. The Hall–Kier alpha value is -2.02. The number of carboxylic acids is 1. The molecule has 7 heteroatoms. The standard InChI is InChI=1S/C18H24N2O4S/c1-13(21)20(12-17(22)23)14-6-5-10-19(11-9-14)18(24)15-7-3-4-8-16(15)25-2/h3-4,7-8,14H,5-6,9-12H2,1-2H3,(H,22,23). The summed E-state index contributed by atoms with van der Waals surface area (Å²) in [4.78, 5) is 39.8. The minimum atomic E-state index is -1.01. The van der Waals surface area contributed by atoms with E-state index in [0.29, 0.717) is 31.5 Å². The van der Waals surface area contributed by atoms with Gasteiger partial charge in [-0.15, -0.1) is 11.8 Å². The first-order valence-corrected chi connectivity index (χ1v) is 9.57. The molecule has 1 unspecified atom stereocenters. The summed E-state index contributed by atoms with van der Waals surface area (Å²) in [5.41, 5.74) is 0.697. The SMILES string of the molecule is CSc1ccccc1C(=O)N1CCCC(N(CC(=O)O)C(C)=O)CC1. The highest BCUT2D eigenvalue weighted by molar-refractivity contribution is 7.98. The molecular weight excluding hydrogens is 340 g/mol. The molecule has 1 aliphatic rings. The zero-order chi connectivity index (χ0) is 18.4. The van der Waals surface area contributed by atoms with E-state index in [4.69, 9.17) is 5.11 Å². The highest BCUT2D eigenvalue weighted by atomic mass is 32.2. The Morgan fingerprint density at radius 2 is 1.96 bits per heavy atom. The molecule has 0 aromatic heterocycles. The van der Waals surface area contributed by atoms with Crippen molar-refractivity contribution in [2.24, 2.45) is 0 Å². The molecular formula is C18H24N2O4S. The van der Waals surface area contributed by atoms with Gasteiger partial charge in [0, 0.05) is 31.0 Å².